The molecule has 112 heavy (non-hydrogen) atoms. The minimum atomic E-state index is -4.63. The second-order valence-electron chi connectivity index (χ2n) is 32.1. The molecule has 2 aliphatic carbocycles. The lowest BCUT2D eigenvalue weighted by Crippen LogP contribution is -2.57. The van der Waals surface area contributed by atoms with Gasteiger partial charge in [-0.1, -0.05) is 88.2 Å². The molecule has 604 valence electrons. The summed E-state index contributed by atoms with van der Waals surface area (Å²) in [6.45, 7) is 27.5. The van der Waals surface area contributed by atoms with Gasteiger partial charge >= 0.3 is 0 Å². The van der Waals surface area contributed by atoms with Crippen molar-refractivity contribution in [2.24, 2.45) is 16.7 Å². The summed E-state index contributed by atoms with van der Waals surface area (Å²) in [4.78, 5) is 77.9. The zero-order chi connectivity index (χ0) is 79.1. The fraction of sp³-hybridized carbons (Fsp3) is 0.530. The molecule has 4 fully saturated rings. The first-order chi connectivity index (χ1) is 53.8. The van der Waals surface area contributed by atoms with Crippen molar-refractivity contribution in [1.82, 2.24) is 49.9 Å². The van der Waals surface area contributed by atoms with Crippen LogP contribution in [-0.4, -0.2) is 233 Å². The number of carbonyl (C=O) groups excluding carboxylic acids is 3. The van der Waals surface area contributed by atoms with E-state index >= 15 is 0 Å². The molecule has 3 amide bonds. The van der Waals surface area contributed by atoms with Gasteiger partial charge in [-0.05, 0) is 146 Å². The highest BCUT2D eigenvalue weighted by molar-refractivity contribution is 7.90. The molecule has 5 aliphatic rings. The summed E-state index contributed by atoms with van der Waals surface area (Å²) in [5.74, 6) is -0.765. The summed E-state index contributed by atoms with van der Waals surface area (Å²) >= 11 is 7.88. The number of nitro benzene ring substituents is 1. The lowest BCUT2D eigenvalue weighted by atomic mass is 9.72. The van der Waals surface area contributed by atoms with E-state index in [9.17, 15) is 38.0 Å². The Hall–Kier alpha value is -7.97. The van der Waals surface area contributed by atoms with Crippen LogP contribution in [0.4, 0.5) is 17.1 Å². The fourth-order valence-corrected chi connectivity index (χ4v) is 17.8. The molecule has 0 bridgehead atoms. The van der Waals surface area contributed by atoms with E-state index in [1.54, 1.807) is 41.8 Å². The average Bonchev–Trinajstić information content (AvgIpc) is 1.06. The number of hydrogen-bond donors (Lipinski definition) is 6. The van der Waals surface area contributed by atoms with Crippen LogP contribution in [0.3, 0.4) is 0 Å². The molecule has 0 unspecified atom stereocenters. The largest absolute Gasteiger partial charge is 0.455 e. The van der Waals surface area contributed by atoms with Crippen molar-refractivity contribution in [3.8, 4) is 21.9 Å². The van der Waals surface area contributed by atoms with Gasteiger partial charge in [0.15, 0.2) is 0 Å². The Morgan fingerprint density at radius 2 is 1.49 bits per heavy atom. The molecule has 29 heteroatoms. The SMILES string of the molecule is Cc1ncsc1-c1ccc([C@H](C)NC(=O)[C@@H]2C[C@@H](O)CN2C(=O)[C@@H](NCCOCCOCCOCCOCCN2CCN(C3CCC(CNc4ccc(S(=O)(=O)NC(=O)c5ccc(N6CCN(CC7=C(c8ccc(Cl)cc8)CC(C)(C)CC7)CC6)cc5Oc5cnc6[nH]ccc6c5)cc4[N+](=O)[O-])CC3)CC2)C(C)(C)C)cc1. The fourth-order valence-electron chi connectivity index (χ4n) is 15.9. The minimum Gasteiger partial charge on any atom is -0.455 e. The van der Waals surface area contributed by atoms with Gasteiger partial charge in [-0.15, -0.1) is 11.3 Å². The number of nitrogens with zero attached hydrogens (tertiary/aromatic N) is 8. The molecule has 6 heterocycles. The molecule has 1 saturated carbocycles. The number of β-amino-alcohol motifs (C(OH)–C–C–N with tert-alkyl or cyclic N) is 1. The van der Waals surface area contributed by atoms with Crippen LogP contribution in [0, 0.1) is 33.8 Å². The highest BCUT2D eigenvalue weighted by Crippen LogP contribution is 2.44. The van der Waals surface area contributed by atoms with Gasteiger partial charge in [0.2, 0.25) is 11.8 Å². The monoisotopic (exact) mass is 1600 g/mol. The number of allylic oxidation sites excluding steroid dienone is 1. The number of H-pyrrole nitrogens is 1. The topological polar surface area (TPSA) is 301 Å². The van der Waals surface area contributed by atoms with E-state index in [1.807, 2.05) is 82.6 Å². The zero-order valence-corrected chi connectivity index (χ0v) is 67.9. The van der Waals surface area contributed by atoms with Crippen molar-refractivity contribution in [3.05, 3.63) is 158 Å². The van der Waals surface area contributed by atoms with Gasteiger partial charge in [0.1, 0.15) is 28.9 Å². The minimum absolute atomic E-state index is 0.0471. The Morgan fingerprint density at radius 3 is 2.17 bits per heavy atom. The van der Waals surface area contributed by atoms with Gasteiger partial charge in [-0.3, -0.25) is 39.2 Å². The number of nitro groups is 1. The summed E-state index contributed by atoms with van der Waals surface area (Å²) in [5.41, 5.74) is 9.80. The number of benzene rings is 4. The van der Waals surface area contributed by atoms with E-state index < -0.39 is 55.0 Å². The number of nitrogens with one attached hydrogen (secondary N) is 5. The summed E-state index contributed by atoms with van der Waals surface area (Å²) in [6, 6.07) is 27.3. The van der Waals surface area contributed by atoms with Crippen LogP contribution in [0.5, 0.6) is 11.5 Å². The van der Waals surface area contributed by atoms with Crippen LogP contribution in [0.2, 0.25) is 5.02 Å². The number of likely N-dealkylation sites (tertiary alicyclic amines) is 1. The highest BCUT2D eigenvalue weighted by Gasteiger charge is 2.44. The number of pyridine rings is 1. The standard InChI is InChI=1S/C83H110ClN13O13S2/c1-56(59-10-12-61(13-11-59)76-57(2)89-55-111-76)90-80(100)74-48-67(98)54-96(74)81(101)77(82(3,4)5)85-28-38-106-40-42-108-44-45-109-43-41-107-39-37-92-29-33-94(34-30-92)65-18-8-58(9-19-65)51-87-72-23-21-69(49-73(72)97(102)103)112(104,105)91-79(99)70-22-20-66(47-75(70)110-68-46-62-25-27-86-78(62)88-52-68)95-35-31-93(32-36-95)53-63-24-26-83(6,7)50-71(63)60-14-16-64(84)17-15-60/h10-17,20-23,25,27,46-47,49,52,55-56,58,65,67,74,77,85,87,98H,8-9,18-19,24,26,28-45,48,50-51,53-54H2,1-7H3,(H,86,88)(H,90,100)(H,91,99)/t56-,58?,65?,67+,74-,77+/m0/s1. The number of anilines is 2. The third-order valence-corrected chi connectivity index (χ3v) is 24.9. The molecule has 3 aromatic heterocycles. The molecule has 3 saturated heterocycles. The van der Waals surface area contributed by atoms with E-state index in [0.29, 0.717) is 96.5 Å². The van der Waals surface area contributed by atoms with Gasteiger partial charge in [-0.25, -0.2) is 23.1 Å². The van der Waals surface area contributed by atoms with Crippen molar-refractivity contribution >= 4 is 84.4 Å². The van der Waals surface area contributed by atoms with Crippen LogP contribution >= 0.6 is 22.9 Å². The lowest BCUT2D eigenvalue weighted by Gasteiger charge is -2.42. The molecular weight excluding hydrogens is 1490 g/mol. The number of sulfonamides is 1. The van der Waals surface area contributed by atoms with Crippen molar-refractivity contribution in [2.75, 3.05) is 148 Å². The number of carbonyl (C=O) groups is 3. The molecule has 0 radical (unpaired) electrons. The van der Waals surface area contributed by atoms with Crippen LogP contribution in [0.15, 0.2) is 125 Å². The van der Waals surface area contributed by atoms with Gasteiger partial charge in [-0.2, -0.15) is 0 Å². The second-order valence-corrected chi connectivity index (χ2v) is 35.1. The second kappa shape index (κ2) is 38.4. The number of aromatic amines is 1. The van der Waals surface area contributed by atoms with Gasteiger partial charge in [0.25, 0.3) is 21.6 Å². The number of hydrogen-bond acceptors (Lipinski definition) is 22. The predicted molar refractivity (Wildman–Crippen MR) is 437 cm³/mol. The molecule has 3 aliphatic heterocycles. The quantitative estimate of drug-likeness (QED) is 0.0122. The van der Waals surface area contributed by atoms with E-state index in [2.05, 4.69) is 81.2 Å². The molecule has 7 aromatic rings. The maximum Gasteiger partial charge on any atom is 0.293 e. The number of aromatic nitrogens is 3. The third kappa shape index (κ3) is 22.3. The molecule has 4 atom stereocenters. The van der Waals surface area contributed by atoms with Crippen LogP contribution < -0.4 is 30.3 Å². The van der Waals surface area contributed by atoms with Crippen molar-refractivity contribution < 1.29 is 56.5 Å². The first kappa shape index (κ1) is 83.5. The van der Waals surface area contributed by atoms with E-state index in [-0.39, 0.29) is 59.2 Å². The molecule has 26 nitrogen and oxygen atoms in total. The Balaban J connectivity index is 0.514. The molecule has 4 aromatic carbocycles. The van der Waals surface area contributed by atoms with E-state index in [4.69, 9.17) is 35.3 Å². The number of aliphatic hydroxyl groups is 1. The Labute approximate surface area is 666 Å². The normalized spacial score (nSPS) is 20.1. The average molecular weight is 1600 g/mol. The summed E-state index contributed by atoms with van der Waals surface area (Å²) in [5, 5.41) is 34.5. The number of fused-ring (bicyclic) bond motifs is 1. The first-order valence-corrected chi connectivity index (χ1v) is 42.1. The maximum absolute atomic E-state index is 14.2. The van der Waals surface area contributed by atoms with Gasteiger partial charge in [0, 0.05) is 132 Å². The lowest BCUT2D eigenvalue weighted by molar-refractivity contribution is -0.384. The summed E-state index contributed by atoms with van der Waals surface area (Å²) in [6.07, 6.45) is 9.72. The van der Waals surface area contributed by atoms with Crippen LogP contribution in [-0.2, 0) is 38.6 Å². The van der Waals surface area contributed by atoms with Crippen molar-refractivity contribution in [2.45, 2.75) is 135 Å². The predicted octanol–water partition coefficient (Wildman–Crippen LogP) is 11.8. The Bertz CT molecular complexity index is 4470. The van der Waals surface area contributed by atoms with E-state index in [1.165, 1.54) is 39.9 Å². The van der Waals surface area contributed by atoms with Gasteiger partial charge < -0.3 is 59.5 Å². The van der Waals surface area contributed by atoms with E-state index in [0.717, 1.165) is 141 Å². The zero-order valence-electron chi connectivity index (χ0n) is 65.6. The molecule has 12 rings (SSSR count). The Kier molecular flexibility index (Phi) is 28.6. The first-order valence-electron chi connectivity index (χ1n) is 39.4. The molecule has 6 N–H and O–H groups in total. The number of ether oxygens (including phenoxy) is 5. The number of thiazole rings is 1. The number of amides is 3. The highest BCUT2D eigenvalue weighted by atomic mass is 35.5. The van der Waals surface area contributed by atoms with Crippen LogP contribution in [0.1, 0.15) is 126 Å². The van der Waals surface area contributed by atoms with Crippen molar-refractivity contribution in [1.29, 1.82) is 0 Å². The van der Waals surface area contributed by atoms with Crippen molar-refractivity contribution in [3.63, 3.8) is 0 Å². The molecular formula is C83H110ClN13O13S2. The number of aliphatic hydroxyl groups excluding tert-OH is 1. The molecule has 0 spiro atoms. The summed E-state index contributed by atoms with van der Waals surface area (Å²) in [7, 11) is -4.63. The van der Waals surface area contributed by atoms with Gasteiger partial charge in [0.05, 0.1) is 109 Å². The number of piperazine rings is 2. The number of aryl methyl sites for hydroxylation is 1. The third-order valence-electron chi connectivity index (χ3n) is 22.4. The maximum atomic E-state index is 14.2. The number of halogens is 1. The van der Waals surface area contributed by atoms with Crippen LogP contribution in [0.25, 0.3) is 27.0 Å². The smallest absolute Gasteiger partial charge is 0.293 e. The summed E-state index contributed by atoms with van der Waals surface area (Å²) < 4.78 is 59.9. The Morgan fingerprint density at radius 1 is 0.812 bits per heavy atom. The number of rotatable bonds is 35.